The molecule has 0 amide bonds. The van der Waals surface area contributed by atoms with Gasteiger partial charge >= 0.3 is 0 Å². The van der Waals surface area contributed by atoms with Crippen molar-refractivity contribution in [3.63, 3.8) is 0 Å². The molecule has 4 aromatic rings. The normalized spacial score (nSPS) is 11.5. The maximum Gasteiger partial charge on any atom is 0.213 e. The number of anilines is 1. The molecule has 7 nitrogen and oxygen atoms in total. The Morgan fingerprint density at radius 3 is 2.27 bits per heavy atom. The largest absolute Gasteiger partial charge is 0.481 e. The highest BCUT2D eigenvalue weighted by molar-refractivity contribution is 7.88. The number of pyridine rings is 2. The number of nitrogens with zero attached hydrogens (tertiary/aromatic N) is 2. The van der Waals surface area contributed by atoms with Gasteiger partial charge in [-0.3, -0.25) is 0 Å². The number of sulfonamides is 1. The second kappa shape index (κ2) is 7.74. The first-order valence-electron chi connectivity index (χ1n) is 9.13. The van der Waals surface area contributed by atoms with Crippen molar-refractivity contribution in [3.05, 3.63) is 72.4 Å². The highest BCUT2D eigenvalue weighted by Crippen LogP contribution is 2.31. The van der Waals surface area contributed by atoms with Crippen LogP contribution in [-0.2, 0) is 15.8 Å². The number of hydrogen-bond donors (Lipinski definition) is 2. The molecule has 2 aromatic carbocycles. The molecule has 0 bridgehead atoms. The molecule has 4 N–H and O–H groups in total. The monoisotopic (exact) mass is 420 g/mol. The molecule has 0 aliphatic carbocycles. The zero-order chi connectivity index (χ0) is 21.3. The van der Waals surface area contributed by atoms with E-state index in [1.807, 2.05) is 48.5 Å². The Bertz CT molecular complexity index is 1320. The molecule has 2 heterocycles. The van der Waals surface area contributed by atoms with E-state index in [4.69, 9.17) is 15.6 Å². The summed E-state index contributed by atoms with van der Waals surface area (Å²) in [7, 11) is -2.00. The second-order valence-corrected chi connectivity index (χ2v) is 8.54. The molecule has 0 atom stereocenters. The lowest BCUT2D eigenvalue weighted by Crippen LogP contribution is -2.14. The van der Waals surface area contributed by atoms with Crippen molar-refractivity contribution in [2.75, 3.05) is 12.8 Å². The van der Waals surface area contributed by atoms with Crippen molar-refractivity contribution in [1.82, 2.24) is 9.97 Å². The Balaban J connectivity index is 1.72. The van der Waals surface area contributed by atoms with Gasteiger partial charge in [0.15, 0.2) is 0 Å². The lowest BCUT2D eigenvalue weighted by molar-refractivity contribution is 0.398. The summed E-state index contributed by atoms with van der Waals surface area (Å²) < 4.78 is 27.7. The predicted octanol–water partition coefficient (Wildman–Crippen LogP) is 3.34. The van der Waals surface area contributed by atoms with Crippen molar-refractivity contribution < 1.29 is 13.2 Å². The molecular weight excluding hydrogens is 400 g/mol. The summed E-state index contributed by atoms with van der Waals surface area (Å²) in [6, 6.07) is 18.7. The molecule has 0 spiro atoms. The van der Waals surface area contributed by atoms with E-state index < -0.39 is 10.0 Å². The number of primary sulfonamides is 1. The number of fused-ring (bicyclic) bond motifs is 1. The number of hydrogen-bond acceptors (Lipinski definition) is 6. The Morgan fingerprint density at radius 1 is 0.933 bits per heavy atom. The fourth-order valence-electron chi connectivity index (χ4n) is 3.29. The summed E-state index contributed by atoms with van der Waals surface area (Å²) in [4.78, 5) is 8.78. The number of ether oxygens (including phenoxy) is 1. The molecule has 0 aliphatic rings. The lowest BCUT2D eigenvalue weighted by atomic mass is 10.0. The van der Waals surface area contributed by atoms with Crippen LogP contribution in [0.4, 0.5) is 5.82 Å². The van der Waals surface area contributed by atoms with Crippen LogP contribution in [0.2, 0.25) is 0 Å². The number of nitrogen functional groups attached to an aromatic ring is 1. The zero-order valence-electron chi connectivity index (χ0n) is 16.2. The average Bonchev–Trinajstić information content (AvgIpc) is 2.72. The van der Waals surface area contributed by atoms with Crippen LogP contribution >= 0.6 is 0 Å². The number of rotatable bonds is 5. The molecule has 0 radical (unpaired) electrons. The lowest BCUT2D eigenvalue weighted by Gasteiger charge is -2.10. The molecule has 0 fully saturated rings. The summed E-state index contributed by atoms with van der Waals surface area (Å²) in [6.45, 7) is 0. The summed E-state index contributed by atoms with van der Waals surface area (Å²) >= 11 is 0. The SMILES string of the molecule is COc1ccc(-c2ccc3nc(N)c(-c4ccc(CS(N)(=O)=O)cc4)cc3c2)cn1. The van der Waals surface area contributed by atoms with Gasteiger partial charge < -0.3 is 10.5 Å². The van der Waals surface area contributed by atoms with Crippen LogP contribution in [-0.4, -0.2) is 25.5 Å². The van der Waals surface area contributed by atoms with Crippen LogP contribution in [0.25, 0.3) is 33.2 Å². The molecule has 8 heteroatoms. The topological polar surface area (TPSA) is 121 Å². The van der Waals surface area contributed by atoms with E-state index in [1.54, 1.807) is 25.4 Å². The van der Waals surface area contributed by atoms with E-state index >= 15 is 0 Å². The zero-order valence-corrected chi connectivity index (χ0v) is 17.1. The number of methoxy groups -OCH3 is 1. The maximum atomic E-state index is 11.3. The fourth-order valence-corrected chi connectivity index (χ4v) is 3.94. The van der Waals surface area contributed by atoms with Crippen LogP contribution in [0.3, 0.4) is 0 Å². The Hall–Kier alpha value is -3.49. The van der Waals surface area contributed by atoms with Gasteiger partial charge in [-0.1, -0.05) is 30.3 Å². The third kappa shape index (κ3) is 4.24. The second-order valence-electron chi connectivity index (χ2n) is 6.92. The highest BCUT2D eigenvalue weighted by Gasteiger charge is 2.10. The number of nitrogens with two attached hydrogens (primary N) is 2. The standard InChI is InChI=1S/C22H20N4O3S/c1-29-21-9-7-17(12-25-21)16-6-8-20-18(10-16)11-19(22(23)26-20)15-4-2-14(3-5-15)13-30(24,27)28/h2-12H,13H2,1H3,(H2,23,26)(H2,24,27,28). The van der Waals surface area contributed by atoms with E-state index in [2.05, 4.69) is 9.97 Å². The van der Waals surface area contributed by atoms with Crippen molar-refractivity contribution in [2.24, 2.45) is 5.14 Å². The van der Waals surface area contributed by atoms with Crippen molar-refractivity contribution in [3.8, 4) is 28.1 Å². The smallest absolute Gasteiger partial charge is 0.213 e. The molecule has 0 aliphatic heterocycles. The molecule has 30 heavy (non-hydrogen) atoms. The van der Waals surface area contributed by atoms with Crippen LogP contribution in [0, 0.1) is 0 Å². The first-order valence-corrected chi connectivity index (χ1v) is 10.8. The molecule has 0 saturated carbocycles. The third-order valence-corrected chi connectivity index (χ3v) is 5.49. The number of aromatic nitrogens is 2. The van der Waals surface area contributed by atoms with Crippen LogP contribution < -0.4 is 15.6 Å². The third-order valence-electron chi connectivity index (χ3n) is 4.76. The van der Waals surface area contributed by atoms with Gasteiger partial charge in [0.05, 0.1) is 18.4 Å². The van der Waals surface area contributed by atoms with E-state index in [-0.39, 0.29) is 5.75 Å². The fraction of sp³-hybridized carbons (Fsp3) is 0.0909. The Morgan fingerprint density at radius 2 is 1.63 bits per heavy atom. The van der Waals surface area contributed by atoms with Crippen LogP contribution in [0.5, 0.6) is 5.88 Å². The minimum atomic E-state index is -3.58. The van der Waals surface area contributed by atoms with Gasteiger partial charge in [-0.15, -0.1) is 0 Å². The van der Waals surface area contributed by atoms with Gasteiger partial charge in [0.2, 0.25) is 15.9 Å². The van der Waals surface area contributed by atoms with Gasteiger partial charge in [0, 0.05) is 28.8 Å². The quantitative estimate of drug-likeness (QED) is 0.511. The van der Waals surface area contributed by atoms with E-state index in [0.29, 0.717) is 17.3 Å². The van der Waals surface area contributed by atoms with Gasteiger partial charge in [-0.25, -0.2) is 23.5 Å². The average molecular weight is 420 g/mol. The molecule has 2 aromatic heterocycles. The molecule has 0 saturated heterocycles. The van der Waals surface area contributed by atoms with Crippen LogP contribution in [0.1, 0.15) is 5.56 Å². The van der Waals surface area contributed by atoms with Gasteiger partial charge in [0.25, 0.3) is 0 Å². The number of benzene rings is 2. The first kappa shape index (κ1) is 19.8. The minimum Gasteiger partial charge on any atom is -0.481 e. The summed E-state index contributed by atoms with van der Waals surface area (Å²) in [5.74, 6) is 0.751. The summed E-state index contributed by atoms with van der Waals surface area (Å²) in [6.07, 6.45) is 1.76. The van der Waals surface area contributed by atoms with Gasteiger partial charge in [-0.2, -0.15) is 0 Å². The maximum absolute atomic E-state index is 11.3. The van der Waals surface area contributed by atoms with Crippen LogP contribution in [0.15, 0.2) is 66.9 Å². The van der Waals surface area contributed by atoms with Gasteiger partial charge in [-0.05, 0) is 41.0 Å². The van der Waals surface area contributed by atoms with E-state index in [0.717, 1.165) is 33.2 Å². The van der Waals surface area contributed by atoms with Crippen molar-refractivity contribution in [1.29, 1.82) is 0 Å². The predicted molar refractivity (Wildman–Crippen MR) is 118 cm³/mol. The molecular formula is C22H20N4O3S. The van der Waals surface area contributed by atoms with Crippen molar-refractivity contribution in [2.45, 2.75) is 5.75 Å². The molecule has 4 rings (SSSR count). The first-order chi connectivity index (χ1) is 14.3. The molecule has 152 valence electrons. The summed E-state index contributed by atoms with van der Waals surface area (Å²) in [5.41, 5.74) is 11.2. The van der Waals surface area contributed by atoms with Crippen molar-refractivity contribution >= 4 is 26.7 Å². The highest BCUT2D eigenvalue weighted by atomic mass is 32.2. The minimum absolute atomic E-state index is 0.210. The van der Waals surface area contributed by atoms with E-state index in [1.165, 1.54) is 0 Å². The Kier molecular flexibility index (Phi) is 5.11. The Labute approximate surface area is 174 Å². The van der Waals surface area contributed by atoms with E-state index in [9.17, 15) is 8.42 Å². The molecule has 0 unspecified atom stereocenters. The summed E-state index contributed by atoms with van der Waals surface area (Å²) in [5, 5.41) is 6.04. The van der Waals surface area contributed by atoms with Gasteiger partial charge in [0.1, 0.15) is 5.82 Å².